The molecule has 1 heterocycles. The van der Waals surface area contributed by atoms with Crippen molar-refractivity contribution in [3.8, 4) is 5.75 Å². The number of carbonyl (C=O) groups is 2. The molecule has 0 unspecified atom stereocenters. The molecule has 0 saturated carbocycles. The molecule has 0 aliphatic carbocycles. The van der Waals surface area contributed by atoms with Crippen molar-refractivity contribution in [2.24, 2.45) is 5.10 Å². The fourth-order valence-corrected chi connectivity index (χ4v) is 2.47. The first-order chi connectivity index (χ1) is 11.0. The lowest BCUT2D eigenvalue weighted by Crippen LogP contribution is -2.41. The summed E-state index contributed by atoms with van der Waals surface area (Å²) in [5.74, 6) is -1.92. The minimum absolute atomic E-state index is 0.0449. The van der Waals surface area contributed by atoms with E-state index >= 15 is 0 Å². The molecule has 1 aliphatic heterocycles. The fourth-order valence-electron chi connectivity index (χ4n) is 1.97. The van der Waals surface area contributed by atoms with Crippen molar-refractivity contribution in [3.05, 3.63) is 27.7 Å². The molecule has 0 spiro atoms. The molecule has 0 bridgehead atoms. The van der Waals surface area contributed by atoms with Crippen molar-refractivity contribution in [2.75, 3.05) is 13.2 Å². The second-order valence-electron chi connectivity index (χ2n) is 4.88. The van der Waals surface area contributed by atoms with E-state index in [9.17, 15) is 14.7 Å². The molecule has 23 heavy (non-hydrogen) atoms. The Morgan fingerprint density at radius 1 is 1.35 bits per heavy atom. The van der Waals surface area contributed by atoms with Crippen molar-refractivity contribution in [2.45, 2.75) is 18.9 Å². The molecule has 7 nitrogen and oxygen atoms in total. The highest BCUT2D eigenvalue weighted by molar-refractivity contribution is 6.37. The Bertz CT molecular complexity index is 607. The first-order valence-electron chi connectivity index (χ1n) is 6.88. The molecule has 0 aromatic heterocycles. The molecule has 3 N–H and O–H groups in total. The lowest BCUT2D eigenvalue weighted by Gasteiger charge is -2.09. The smallest absolute Gasteiger partial charge is 0.329 e. The molecule has 1 aromatic rings. The maximum atomic E-state index is 11.6. The first kappa shape index (κ1) is 17.5. The molecule has 124 valence electrons. The quantitative estimate of drug-likeness (QED) is 0.430. The maximum absolute atomic E-state index is 11.6. The van der Waals surface area contributed by atoms with Crippen molar-refractivity contribution in [1.82, 2.24) is 10.7 Å². The van der Waals surface area contributed by atoms with Gasteiger partial charge in [-0.1, -0.05) is 23.2 Å². The Morgan fingerprint density at radius 2 is 2.04 bits per heavy atom. The van der Waals surface area contributed by atoms with E-state index in [1.54, 1.807) is 0 Å². The summed E-state index contributed by atoms with van der Waals surface area (Å²) in [4.78, 5) is 23.1. The van der Waals surface area contributed by atoms with E-state index in [-0.39, 0.29) is 21.9 Å². The van der Waals surface area contributed by atoms with Gasteiger partial charge in [0.05, 0.1) is 22.4 Å². The summed E-state index contributed by atoms with van der Waals surface area (Å²) in [7, 11) is 0. The number of carbonyl (C=O) groups excluding carboxylic acids is 2. The summed E-state index contributed by atoms with van der Waals surface area (Å²) in [6.45, 7) is 0.966. The molecule has 2 amide bonds. The van der Waals surface area contributed by atoms with Gasteiger partial charge in [-0.05, 0) is 30.5 Å². The highest BCUT2D eigenvalue weighted by atomic mass is 35.5. The van der Waals surface area contributed by atoms with Gasteiger partial charge in [0.2, 0.25) is 0 Å². The average Bonchev–Trinajstić information content (AvgIpc) is 3.03. The van der Waals surface area contributed by atoms with Gasteiger partial charge in [-0.3, -0.25) is 9.59 Å². The summed E-state index contributed by atoms with van der Waals surface area (Å²) >= 11 is 11.5. The van der Waals surface area contributed by atoms with Crippen LogP contribution in [0.25, 0.3) is 0 Å². The van der Waals surface area contributed by atoms with Crippen molar-refractivity contribution in [3.63, 3.8) is 0 Å². The third-order valence-electron chi connectivity index (χ3n) is 3.14. The third kappa shape index (κ3) is 5.09. The summed E-state index contributed by atoms with van der Waals surface area (Å²) in [6, 6.07) is 2.83. The molecular formula is C14H15Cl2N3O4. The van der Waals surface area contributed by atoms with Gasteiger partial charge in [0, 0.05) is 13.2 Å². The number of amides is 2. The Kier molecular flexibility index (Phi) is 6.20. The number of benzene rings is 1. The van der Waals surface area contributed by atoms with Crippen LogP contribution in [0.1, 0.15) is 18.4 Å². The third-order valence-corrected chi connectivity index (χ3v) is 3.72. The number of nitrogens with zero attached hydrogens (tertiary/aromatic N) is 1. The van der Waals surface area contributed by atoms with Crippen molar-refractivity contribution in [1.29, 1.82) is 0 Å². The van der Waals surface area contributed by atoms with Crippen LogP contribution in [0.2, 0.25) is 10.0 Å². The molecule has 1 saturated heterocycles. The molecule has 2 rings (SSSR count). The topological polar surface area (TPSA) is 100 Å². The monoisotopic (exact) mass is 359 g/mol. The number of halogens is 2. The molecule has 1 fully saturated rings. The van der Waals surface area contributed by atoms with Crippen LogP contribution in [-0.2, 0) is 14.3 Å². The van der Waals surface area contributed by atoms with Crippen LogP contribution in [0.15, 0.2) is 17.2 Å². The van der Waals surface area contributed by atoms with Crippen molar-refractivity contribution >= 4 is 41.2 Å². The number of aromatic hydroxyl groups is 1. The number of phenolic OH excluding ortho intramolecular Hbond substituents is 1. The van der Waals surface area contributed by atoms with Crippen LogP contribution in [0.3, 0.4) is 0 Å². The van der Waals surface area contributed by atoms with E-state index < -0.39 is 11.8 Å². The van der Waals surface area contributed by atoms with Gasteiger partial charge in [0.15, 0.2) is 5.75 Å². The number of nitrogens with one attached hydrogen (secondary N) is 2. The van der Waals surface area contributed by atoms with E-state index in [0.29, 0.717) is 18.7 Å². The maximum Gasteiger partial charge on any atom is 0.329 e. The van der Waals surface area contributed by atoms with Crippen molar-refractivity contribution < 1.29 is 19.4 Å². The molecule has 9 heteroatoms. The lowest BCUT2D eigenvalue weighted by atomic mass is 10.2. The van der Waals surface area contributed by atoms with Crippen LogP contribution in [0.5, 0.6) is 5.75 Å². The number of hydrazone groups is 1. The van der Waals surface area contributed by atoms with Gasteiger partial charge in [0.1, 0.15) is 0 Å². The number of hydrogen-bond acceptors (Lipinski definition) is 5. The van der Waals surface area contributed by atoms with E-state index in [0.717, 1.165) is 12.8 Å². The predicted molar refractivity (Wildman–Crippen MR) is 85.8 cm³/mol. The minimum Gasteiger partial charge on any atom is -0.505 e. The van der Waals surface area contributed by atoms with E-state index in [2.05, 4.69) is 15.8 Å². The largest absolute Gasteiger partial charge is 0.505 e. The number of hydrogen-bond donors (Lipinski definition) is 3. The normalized spacial score (nSPS) is 17.4. The SMILES string of the molecule is O=C(NC[C@H]1CCCO1)C(=O)N/N=C/c1cc(Cl)c(O)c(Cl)c1. The van der Waals surface area contributed by atoms with Gasteiger partial charge in [-0.2, -0.15) is 5.10 Å². The van der Waals surface area contributed by atoms with Crippen LogP contribution in [0.4, 0.5) is 0 Å². The zero-order valence-electron chi connectivity index (χ0n) is 12.0. The number of rotatable bonds is 4. The zero-order valence-corrected chi connectivity index (χ0v) is 13.5. The summed E-state index contributed by atoms with van der Waals surface area (Å²) in [6.07, 6.45) is 3.02. The second kappa shape index (κ2) is 8.14. The first-order valence-corrected chi connectivity index (χ1v) is 7.64. The molecule has 1 atom stereocenters. The van der Waals surface area contributed by atoms with Gasteiger partial charge in [-0.15, -0.1) is 0 Å². The summed E-state index contributed by atoms with van der Waals surface area (Å²) < 4.78 is 5.33. The van der Waals surface area contributed by atoms with Gasteiger partial charge >= 0.3 is 11.8 Å². The number of phenols is 1. The highest BCUT2D eigenvalue weighted by Gasteiger charge is 2.18. The van der Waals surface area contributed by atoms with E-state index in [1.807, 2.05) is 0 Å². The van der Waals surface area contributed by atoms with Crippen LogP contribution >= 0.6 is 23.2 Å². The van der Waals surface area contributed by atoms with Crippen LogP contribution < -0.4 is 10.7 Å². The van der Waals surface area contributed by atoms with Gasteiger partial charge in [-0.25, -0.2) is 5.43 Å². The highest BCUT2D eigenvalue weighted by Crippen LogP contribution is 2.32. The van der Waals surface area contributed by atoms with Crippen LogP contribution in [-0.4, -0.2) is 42.4 Å². The summed E-state index contributed by atoms with van der Waals surface area (Å²) in [5, 5.41) is 15.6. The minimum atomic E-state index is -0.893. The second-order valence-corrected chi connectivity index (χ2v) is 5.69. The molecule has 0 radical (unpaired) electrons. The standard InChI is InChI=1S/C14H15Cl2N3O4/c15-10-4-8(5-11(16)12(10)20)6-18-19-14(22)13(21)17-7-9-2-1-3-23-9/h4-6,9,20H,1-3,7H2,(H,17,21)(H,19,22)/b18-6+/t9-/m1/s1. The van der Waals surface area contributed by atoms with Crippen LogP contribution in [0, 0.1) is 0 Å². The fraction of sp³-hybridized carbons (Fsp3) is 0.357. The van der Waals surface area contributed by atoms with Gasteiger partial charge < -0.3 is 15.2 Å². The Morgan fingerprint density at radius 3 is 2.65 bits per heavy atom. The van der Waals surface area contributed by atoms with E-state index in [1.165, 1.54) is 18.3 Å². The molecular weight excluding hydrogens is 345 g/mol. The zero-order chi connectivity index (χ0) is 16.8. The Balaban J connectivity index is 1.82. The number of ether oxygens (including phenoxy) is 1. The van der Waals surface area contributed by atoms with E-state index in [4.69, 9.17) is 27.9 Å². The Labute approximate surface area is 142 Å². The molecule has 1 aromatic carbocycles. The average molecular weight is 360 g/mol. The summed E-state index contributed by atoms with van der Waals surface area (Å²) in [5.41, 5.74) is 2.55. The lowest BCUT2D eigenvalue weighted by molar-refractivity contribution is -0.139. The predicted octanol–water partition coefficient (Wildman–Crippen LogP) is 1.44. The van der Waals surface area contributed by atoms with Gasteiger partial charge in [0.25, 0.3) is 0 Å². The Hall–Kier alpha value is -1.83. The molecule has 1 aliphatic rings.